The Bertz CT molecular complexity index is 732. The van der Waals surface area contributed by atoms with Crippen LogP contribution in [0.25, 0.3) is 0 Å². The Kier molecular flexibility index (Phi) is 5.55. The Morgan fingerprint density at radius 3 is 2.52 bits per heavy atom. The Balaban J connectivity index is 1.52. The van der Waals surface area contributed by atoms with E-state index in [1.54, 1.807) is 24.0 Å². The van der Waals surface area contributed by atoms with Crippen LogP contribution in [-0.4, -0.2) is 74.0 Å². The molecule has 2 heterocycles. The number of para-hydroxylation sites is 1. The van der Waals surface area contributed by atoms with E-state index in [2.05, 4.69) is 4.90 Å². The second-order valence-electron chi connectivity index (χ2n) is 6.61. The third-order valence-corrected chi connectivity index (χ3v) is 6.90. The number of carbonyl (C=O) groups excluding carboxylic acids is 1. The average Bonchev–Trinajstić information content (AvgIpc) is 2.96. The van der Waals surface area contributed by atoms with E-state index in [1.807, 2.05) is 12.1 Å². The molecule has 1 aromatic rings. The molecule has 1 amide bonds. The van der Waals surface area contributed by atoms with E-state index in [1.165, 1.54) is 0 Å². The van der Waals surface area contributed by atoms with Crippen LogP contribution in [0.2, 0.25) is 5.02 Å². The van der Waals surface area contributed by atoms with Gasteiger partial charge in [0.2, 0.25) is 0 Å². The lowest BCUT2D eigenvalue weighted by Crippen LogP contribution is -2.54. The predicted molar refractivity (Wildman–Crippen MR) is 96.8 cm³/mol. The Hall–Kier alpha value is -1.31. The van der Waals surface area contributed by atoms with Crippen LogP contribution < -0.4 is 4.74 Å². The van der Waals surface area contributed by atoms with Gasteiger partial charge < -0.3 is 9.64 Å². The van der Waals surface area contributed by atoms with Crippen LogP contribution in [0.5, 0.6) is 5.75 Å². The van der Waals surface area contributed by atoms with Crippen molar-refractivity contribution in [3.8, 4) is 5.75 Å². The van der Waals surface area contributed by atoms with E-state index < -0.39 is 15.9 Å². The van der Waals surface area contributed by atoms with Crippen molar-refractivity contribution in [3.63, 3.8) is 0 Å². The summed E-state index contributed by atoms with van der Waals surface area (Å²) in [6.45, 7) is 4.30. The maximum absolute atomic E-state index is 12.6. The molecule has 2 aliphatic rings. The van der Waals surface area contributed by atoms with E-state index in [-0.39, 0.29) is 23.5 Å². The molecule has 0 spiro atoms. The highest BCUT2D eigenvalue weighted by Gasteiger charge is 2.35. The molecule has 0 saturated carbocycles. The first-order chi connectivity index (χ1) is 11.9. The number of benzene rings is 1. The minimum atomic E-state index is -2.88. The lowest BCUT2D eigenvalue weighted by Gasteiger charge is -2.38. The van der Waals surface area contributed by atoms with E-state index in [0.29, 0.717) is 43.4 Å². The van der Waals surface area contributed by atoms with Gasteiger partial charge in [0.05, 0.1) is 16.5 Å². The van der Waals surface area contributed by atoms with Crippen LogP contribution in [0.3, 0.4) is 0 Å². The summed E-state index contributed by atoms with van der Waals surface area (Å²) in [6.07, 6.45) is 0.0840. The van der Waals surface area contributed by atoms with Gasteiger partial charge in [-0.1, -0.05) is 23.7 Å². The number of hydrogen-bond acceptors (Lipinski definition) is 5. The molecular formula is C17H23ClN2O4S. The van der Waals surface area contributed by atoms with Crippen LogP contribution in [-0.2, 0) is 14.6 Å². The van der Waals surface area contributed by atoms with Crippen LogP contribution in [0, 0.1) is 0 Å². The fourth-order valence-electron chi connectivity index (χ4n) is 3.41. The lowest BCUT2D eigenvalue weighted by molar-refractivity contribution is -0.140. The van der Waals surface area contributed by atoms with Crippen LogP contribution in [0.15, 0.2) is 24.3 Å². The van der Waals surface area contributed by atoms with Crippen molar-refractivity contribution in [2.75, 3.05) is 37.7 Å². The molecule has 138 valence electrons. The van der Waals surface area contributed by atoms with Crippen molar-refractivity contribution in [2.24, 2.45) is 0 Å². The third-order valence-electron chi connectivity index (χ3n) is 4.84. The van der Waals surface area contributed by atoms with Gasteiger partial charge in [0, 0.05) is 32.2 Å². The standard InChI is InChI=1S/C17H23ClN2O4S/c1-13(24-16-5-3-2-4-15(16)18)17(21)20-9-7-19(8-10-20)14-6-11-25(22,23)12-14/h2-5,13-14H,6-12H2,1H3/t13-,14-/m0/s1. The molecule has 0 bridgehead atoms. The second-order valence-corrected chi connectivity index (χ2v) is 9.24. The van der Waals surface area contributed by atoms with Gasteiger partial charge in [-0.15, -0.1) is 0 Å². The van der Waals surface area contributed by atoms with Crippen molar-refractivity contribution in [1.82, 2.24) is 9.80 Å². The zero-order valence-corrected chi connectivity index (χ0v) is 15.8. The van der Waals surface area contributed by atoms with E-state index >= 15 is 0 Å². The Labute approximate surface area is 153 Å². The van der Waals surface area contributed by atoms with Gasteiger partial charge in [-0.3, -0.25) is 9.69 Å². The van der Waals surface area contributed by atoms with Gasteiger partial charge >= 0.3 is 0 Å². The number of amides is 1. The number of halogens is 1. The molecule has 1 aromatic carbocycles. The molecule has 2 aliphatic heterocycles. The summed E-state index contributed by atoms with van der Waals surface area (Å²) >= 11 is 6.07. The van der Waals surface area contributed by atoms with E-state index in [4.69, 9.17) is 16.3 Å². The first-order valence-electron chi connectivity index (χ1n) is 8.50. The van der Waals surface area contributed by atoms with Crippen molar-refractivity contribution in [2.45, 2.75) is 25.5 Å². The summed E-state index contributed by atoms with van der Waals surface area (Å²) in [6, 6.07) is 7.18. The Morgan fingerprint density at radius 2 is 1.92 bits per heavy atom. The first kappa shape index (κ1) is 18.5. The molecule has 0 aliphatic carbocycles. The van der Waals surface area contributed by atoms with Crippen LogP contribution >= 0.6 is 11.6 Å². The molecule has 0 radical (unpaired) electrons. The van der Waals surface area contributed by atoms with Crippen LogP contribution in [0.1, 0.15) is 13.3 Å². The first-order valence-corrected chi connectivity index (χ1v) is 10.7. The number of piperazine rings is 1. The lowest BCUT2D eigenvalue weighted by atomic mass is 10.2. The fourth-order valence-corrected chi connectivity index (χ4v) is 5.35. The third kappa shape index (κ3) is 4.46. The molecule has 3 rings (SSSR count). The van der Waals surface area contributed by atoms with Gasteiger partial charge in [-0.25, -0.2) is 8.42 Å². The predicted octanol–water partition coefficient (Wildman–Crippen LogP) is 1.44. The topological polar surface area (TPSA) is 66.9 Å². The smallest absolute Gasteiger partial charge is 0.263 e. The number of rotatable bonds is 4. The summed E-state index contributed by atoms with van der Waals surface area (Å²) in [5.41, 5.74) is 0. The molecule has 0 unspecified atom stereocenters. The summed E-state index contributed by atoms with van der Waals surface area (Å²) < 4.78 is 29.0. The van der Waals surface area contributed by atoms with Gasteiger partial charge in [0.15, 0.2) is 15.9 Å². The fraction of sp³-hybridized carbons (Fsp3) is 0.588. The molecule has 2 atom stereocenters. The van der Waals surface area contributed by atoms with E-state index in [0.717, 1.165) is 0 Å². The Morgan fingerprint density at radius 1 is 1.24 bits per heavy atom. The highest BCUT2D eigenvalue weighted by Crippen LogP contribution is 2.25. The van der Waals surface area contributed by atoms with E-state index in [9.17, 15) is 13.2 Å². The minimum Gasteiger partial charge on any atom is -0.479 e. The van der Waals surface area contributed by atoms with Gasteiger partial charge in [0.1, 0.15) is 5.75 Å². The number of hydrogen-bond donors (Lipinski definition) is 0. The van der Waals surface area contributed by atoms with Gasteiger partial charge in [0.25, 0.3) is 5.91 Å². The molecule has 2 saturated heterocycles. The summed E-state index contributed by atoms with van der Waals surface area (Å²) in [4.78, 5) is 16.6. The zero-order valence-electron chi connectivity index (χ0n) is 14.2. The summed E-state index contributed by atoms with van der Waals surface area (Å²) in [7, 11) is -2.88. The van der Waals surface area contributed by atoms with Gasteiger partial charge in [-0.05, 0) is 25.5 Å². The number of sulfone groups is 1. The molecular weight excluding hydrogens is 364 g/mol. The average molecular weight is 387 g/mol. The van der Waals surface area contributed by atoms with Crippen molar-refractivity contribution < 1.29 is 17.9 Å². The summed E-state index contributed by atoms with van der Waals surface area (Å²) in [5.74, 6) is 0.949. The number of carbonyl (C=O) groups is 1. The molecule has 0 aromatic heterocycles. The molecule has 0 N–H and O–H groups in total. The zero-order chi connectivity index (χ0) is 18.0. The van der Waals surface area contributed by atoms with Crippen molar-refractivity contribution in [3.05, 3.63) is 29.3 Å². The van der Waals surface area contributed by atoms with Crippen LogP contribution in [0.4, 0.5) is 0 Å². The largest absolute Gasteiger partial charge is 0.479 e. The monoisotopic (exact) mass is 386 g/mol. The number of nitrogens with zero attached hydrogens (tertiary/aromatic N) is 2. The van der Waals surface area contributed by atoms with Crippen molar-refractivity contribution >= 4 is 27.3 Å². The van der Waals surface area contributed by atoms with Crippen molar-refractivity contribution in [1.29, 1.82) is 0 Å². The molecule has 8 heteroatoms. The molecule has 2 fully saturated rings. The molecule has 6 nitrogen and oxygen atoms in total. The minimum absolute atomic E-state index is 0.0707. The SMILES string of the molecule is C[C@H](Oc1ccccc1Cl)C(=O)N1CCN([C@H]2CCS(=O)(=O)C2)CC1. The van der Waals surface area contributed by atoms with Gasteiger partial charge in [-0.2, -0.15) is 0 Å². The molecule has 25 heavy (non-hydrogen) atoms. The maximum Gasteiger partial charge on any atom is 0.263 e. The highest BCUT2D eigenvalue weighted by atomic mass is 35.5. The second kappa shape index (κ2) is 7.51. The maximum atomic E-state index is 12.6. The normalized spacial score (nSPS) is 24.9. The summed E-state index contributed by atoms with van der Waals surface area (Å²) in [5, 5.41) is 0.481. The number of ether oxygens (including phenoxy) is 1. The highest BCUT2D eigenvalue weighted by molar-refractivity contribution is 7.91. The quantitative estimate of drug-likeness (QED) is 0.783.